The van der Waals surface area contributed by atoms with Crippen LogP contribution < -0.4 is 5.32 Å². The zero-order valence-corrected chi connectivity index (χ0v) is 20.6. The lowest BCUT2D eigenvalue weighted by molar-refractivity contribution is -0.134. The van der Waals surface area contributed by atoms with Crippen LogP contribution in [0.25, 0.3) is 11.3 Å². The smallest absolute Gasteiger partial charge is 0.240 e. The molecule has 0 radical (unpaired) electrons. The van der Waals surface area contributed by atoms with Crippen LogP contribution in [0.4, 0.5) is 0 Å². The number of pyridine rings is 1. The number of hydrogen-bond acceptors (Lipinski definition) is 3. The lowest BCUT2D eigenvalue weighted by Gasteiger charge is -2.35. The van der Waals surface area contributed by atoms with Crippen LogP contribution in [0.5, 0.6) is 0 Å². The number of likely N-dealkylation sites (tertiary alicyclic amines) is 1. The van der Waals surface area contributed by atoms with Gasteiger partial charge in [0, 0.05) is 31.4 Å². The van der Waals surface area contributed by atoms with Gasteiger partial charge in [0.25, 0.3) is 0 Å². The largest absolute Gasteiger partial charge is 0.341 e. The zero-order valence-electron chi connectivity index (χ0n) is 20.6. The second-order valence-electron chi connectivity index (χ2n) is 9.55. The van der Waals surface area contributed by atoms with Gasteiger partial charge in [0.2, 0.25) is 5.91 Å². The maximum absolute atomic E-state index is 13.7. The minimum absolute atomic E-state index is 0.204. The molecule has 182 valence electrons. The Morgan fingerprint density at radius 3 is 2.14 bits per heavy atom. The molecule has 0 bridgehead atoms. The number of aromatic nitrogens is 1. The number of nitrogens with zero attached hydrogens (tertiary/aromatic N) is 2. The van der Waals surface area contributed by atoms with E-state index in [0.717, 1.165) is 42.8 Å². The Hall–Kier alpha value is -3.76. The van der Waals surface area contributed by atoms with Crippen LogP contribution in [-0.4, -0.2) is 34.9 Å². The minimum atomic E-state index is -0.254. The molecular formula is C32H33N3O. The standard InChI is InChI=1S/C32H33N3O/c36-32(35-21-18-28(19-22-35)27-11-5-2-6-12-27)31(23-25-9-3-1-4-10-25)34-24-26-14-16-29(17-15-26)30-13-7-8-20-33-30/h1-17,20,28,31,34H,18-19,21-24H2/t31-/m0/s1. The Labute approximate surface area is 214 Å². The van der Waals surface area contributed by atoms with E-state index >= 15 is 0 Å². The Kier molecular flexibility index (Phi) is 7.84. The summed E-state index contributed by atoms with van der Waals surface area (Å²) in [5.41, 5.74) is 5.78. The number of carbonyl (C=O) groups is 1. The van der Waals surface area contributed by atoms with Crippen molar-refractivity contribution < 1.29 is 4.79 Å². The molecule has 1 atom stereocenters. The summed E-state index contributed by atoms with van der Waals surface area (Å²) in [6.45, 7) is 2.26. The summed E-state index contributed by atoms with van der Waals surface area (Å²) in [6, 6.07) is 35.1. The van der Waals surface area contributed by atoms with Crippen molar-refractivity contribution in [1.29, 1.82) is 0 Å². The molecule has 5 rings (SSSR count). The van der Waals surface area contributed by atoms with Gasteiger partial charge in [-0.25, -0.2) is 0 Å². The first-order chi connectivity index (χ1) is 17.8. The van der Waals surface area contributed by atoms with Crippen LogP contribution in [0.1, 0.15) is 35.4 Å². The lowest BCUT2D eigenvalue weighted by Crippen LogP contribution is -2.49. The third kappa shape index (κ3) is 6.07. The van der Waals surface area contributed by atoms with Crippen molar-refractivity contribution >= 4 is 5.91 Å². The molecule has 1 aliphatic heterocycles. The van der Waals surface area contributed by atoms with E-state index in [1.165, 1.54) is 11.1 Å². The van der Waals surface area contributed by atoms with Crippen molar-refractivity contribution in [1.82, 2.24) is 15.2 Å². The zero-order chi connectivity index (χ0) is 24.6. The molecular weight excluding hydrogens is 442 g/mol. The van der Waals surface area contributed by atoms with Gasteiger partial charge in [-0.2, -0.15) is 0 Å². The molecule has 36 heavy (non-hydrogen) atoms. The molecule has 4 nitrogen and oxygen atoms in total. The average molecular weight is 476 g/mol. The van der Waals surface area contributed by atoms with Crippen molar-refractivity contribution in [3.63, 3.8) is 0 Å². The predicted octanol–water partition coefficient (Wildman–Crippen LogP) is 5.86. The summed E-state index contributed by atoms with van der Waals surface area (Å²) in [7, 11) is 0. The number of carbonyl (C=O) groups excluding carboxylic acids is 1. The highest BCUT2D eigenvalue weighted by Crippen LogP contribution is 2.28. The van der Waals surface area contributed by atoms with Gasteiger partial charge < -0.3 is 10.2 Å². The summed E-state index contributed by atoms with van der Waals surface area (Å²) in [6.07, 6.45) is 4.53. The molecule has 1 saturated heterocycles. The van der Waals surface area contributed by atoms with Crippen molar-refractivity contribution in [2.45, 2.75) is 37.8 Å². The molecule has 1 fully saturated rings. The Balaban J connectivity index is 1.24. The SMILES string of the molecule is O=C([C@H](Cc1ccccc1)NCc1ccc(-c2ccccn2)cc1)N1CCC(c2ccccc2)CC1. The van der Waals surface area contributed by atoms with E-state index in [1.54, 1.807) is 0 Å². The molecule has 1 aromatic heterocycles. The van der Waals surface area contributed by atoms with Crippen molar-refractivity contribution in [3.05, 3.63) is 126 Å². The van der Waals surface area contributed by atoms with Crippen LogP contribution in [0.3, 0.4) is 0 Å². The van der Waals surface area contributed by atoms with Gasteiger partial charge in [0.1, 0.15) is 0 Å². The van der Waals surface area contributed by atoms with E-state index < -0.39 is 0 Å². The number of benzene rings is 3. The van der Waals surface area contributed by atoms with Gasteiger partial charge in [-0.3, -0.25) is 9.78 Å². The second kappa shape index (κ2) is 11.8. The first-order valence-electron chi connectivity index (χ1n) is 12.9. The van der Waals surface area contributed by atoms with Crippen LogP contribution in [0.15, 0.2) is 109 Å². The summed E-state index contributed by atoms with van der Waals surface area (Å²) >= 11 is 0. The number of piperidine rings is 1. The highest BCUT2D eigenvalue weighted by Gasteiger charge is 2.28. The summed E-state index contributed by atoms with van der Waals surface area (Å²) in [5, 5.41) is 3.58. The molecule has 3 aromatic carbocycles. The fourth-order valence-electron chi connectivity index (χ4n) is 5.04. The fourth-order valence-corrected chi connectivity index (χ4v) is 5.04. The Bertz CT molecular complexity index is 1220. The van der Waals surface area contributed by atoms with Crippen LogP contribution in [0.2, 0.25) is 0 Å². The van der Waals surface area contributed by atoms with E-state index in [0.29, 0.717) is 18.9 Å². The highest BCUT2D eigenvalue weighted by molar-refractivity contribution is 5.82. The normalized spacial score (nSPS) is 14.9. The average Bonchev–Trinajstić information content (AvgIpc) is 2.97. The van der Waals surface area contributed by atoms with Crippen molar-refractivity contribution in [2.24, 2.45) is 0 Å². The van der Waals surface area contributed by atoms with Gasteiger partial charge >= 0.3 is 0 Å². The summed E-state index contributed by atoms with van der Waals surface area (Å²) in [4.78, 5) is 20.2. The third-order valence-electron chi connectivity index (χ3n) is 7.13. The van der Waals surface area contributed by atoms with E-state index in [2.05, 4.69) is 81.9 Å². The van der Waals surface area contributed by atoms with Gasteiger partial charge in [-0.15, -0.1) is 0 Å². The van der Waals surface area contributed by atoms with Crippen LogP contribution in [-0.2, 0) is 17.8 Å². The molecule has 0 spiro atoms. The molecule has 1 aliphatic rings. The van der Waals surface area contributed by atoms with Gasteiger partial charge in [0.15, 0.2) is 0 Å². The first-order valence-corrected chi connectivity index (χ1v) is 12.9. The monoisotopic (exact) mass is 475 g/mol. The Morgan fingerprint density at radius 1 is 0.806 bits per heavy atom. The molecule has 2 heterocycles. The molecule has 0 aliphatic carbocycles. The summed E-state index contributed by atoms with van der Waals surface area (Å²) < 4.78 is 0. The third-order valence-corrected chi connectivity index (χ3v) is 7.13. The lowest BCUT2D eigenvalue weighted by atomic mass is 9.89. The highest BCUT2D eigenvalue weighted by atomic mass is 16.2. The van der Waals surface area contributed by atoms with E-state index in [9.17, 15) is 4.79 Å². The first kappa shape index (κ1) is 24.0. The second-order valence-corrected chi connectivity index (χ2v) is 9.55. The quantitative estimate of drug-likeness (QED) is 0.347. The number of amides is 1. The van der Waals surface area contributed by atoms with Gasteiger partial charge in [-0.1, -0.05) is 91.0 Å². The van der Waals surface area contributed by atoms with Crippen LogP contribution in [0, 0.1) is 0 Å². The van der Waals surface area contributed by atoms with Gasteiger partial charge in [0.05, 0.1) is 11.7 Å². The molecule has 4 aromatic rings. The number of rotatable bonds is 8. The maximum atomic E-state index is 13.7. The maximum Gasteiger partial charge on any atom is 0.240 e. The van der Waals surface area contributed by atoms with E-state index in [-0.39, 0.29) is 11.9 Å². The molecule has 1 N–H and O–H groups in total. The topological polar surface area (TPSA) is 45.2 Å². The number of hydrogen-bond donors (Lipinski definition) is 1. The van der Waals surface area contributed by atoms with Gasteiger partial charge in [-0.05, 0) is 54.0 Å². The molecule has 0 saturated carbocycles. The van der Waals surface area contributed by atoms with E-state index in [1.807, 2.05) is 42.6 Å². The molecule has 0 unspecified atom stereocenters. The predicted molar refractivity (Wildman–Crippen MR) is 145 cm³/mol. The Morgan fingerprint density at radius 2 is 1.47 bits per heavy atom. The van der Waals surface area contributed by atoms with Crippen molar-refractivity contribution in [3.8, 4) is 11.3 Å². The minimum Gasteiger partial charge on any atom is -0.341 e. The van der Waals surface area contributed by atoms with Crippen LogP contribution >= 0.6 is 0 Å². The molecule has 4 heteroatoms. The van der Waals surface area contributed by atoms with E-state index in [4.69, 9.17) is 0 Å². The summed E-state index contributed by atoms with van der Waals surface area (Å²) in [5.74, 6) is 0.740. The number of nitrogens with one attached hydrogen (secondary N) is 1. The van der Waals surface area contributed by atoms with Crippen molar-refractivity contribution in [2.75, 3.05) is 13.1 Å². The fraction of sp³-hybridized carbons (Fsp3) is 0.250. The molecule has 1 amide bonds.